The highest BCUT2D eigenvalue weighted by atomic mass is 19.4. The van der Waals surface area contributed by atoms with Crippen LogP contribution in [0.5, 0.6) is 0 Å². The highest BCUT2D eigenvalue weighted by Gasteiger charge is 2.39. The van der Waals surface area contributed by atoms with Gasteiger partial charge in [-0.2, -0.15) is 26.3 Å². The van der Waals surface area contributed by atoms with Gasteiger partial charge in [0.25, 0.3) is 0 Å². The molecule has 0 aliphatic carbocycles. The summed E-state index contributed by atoms with van der Waals surface area (Å²) in [4.78, 5) is 3.79. The second-order valence-corrected chi connectivity index (χ2v) is 4.43. The molecular formula is C14H9F6N. The minimum Gasteiger partial charge on any atom is -0.256 e. The quantitative estimate of drug-likeness (QED) is 0.668. The van der Waals surface area contributed by atoms with E-state index in [1.165, 1.54) is 31.3 Å². The first-order valence-electron chi connectivity index (χ1n) is 5.81. The maximum absolute atomic E-state index is 13.1. The van der Waals surface area contributed by atoms with Crippen molar-refractivity contribution in [1.82, 2.24) is 4.98 Å². The summed E-state index contributed by atoms with van der Waals surface area (Å²) >= 11 is 0. The largest absolute Gasteiger partial charge is 0.417 e. The molecule has 1 nitrogen and oxygen atoms in total. The van der Waals surface area contributed by atoms with Crippen molar-refractivity contribution < 1.29 is 26.3 Å². The highest BCUT2D eigenvalue weighted by molar-refractivity contribution is 5.69. The smallest absolute Gasteiger partial charge is 0.256 e. The Kier molecular flexibility index (Phi) is 3.69. The fourth-order valence-electron chi connectivity index (χ4n) is 2.03. The summed E-state index contributed by atoms with van der Waals surface area (Å²) in [6, 6.07) is 5.12. The zero-order valence-corrected chi connectivity index (χ0v) is 10.7. The third-order valence-corrected chi connectivity index (χ3v) is 2.89. The van der Waals surface area contributed by atoms with Gasteiger partial charge in [-0.15, -0.1) is 0 Å². The van der Waals surface area contributed by atoms with Gasteiger partial charge < -0.3 is 0 Å². The maximum Gasteiger partial charge on any atom is 0.417 e. The average Bonchev–Trinajstić information content (AvgIpc) is 2.36. The van der Waals surface area contributed by atoms with Crippen LogP contribution in [0.25, 0.3) is 11.3 Å². The Labute approximate surface area is 116 Å². The van der Waals surface area contributed by atoms with Crippen LogP contribution in [0, 0.1) is 6.92 Å². The molecule has 0 bridgehead atoms. The Morgan fingerprint density at radius 2 is 1.57 bits per heavy atom. The number of benzene rings is 1. The Bertz CT molecular complexity index is 643. The van der Waals surface area contributed by atoms with Gasteiger partial charge in [-0.1, -0.05) is 6.07 Å². The molecule has 1 heterocycles. The Morgan fingerprint density at radius 3 is 2.05 bits per heavy atom. The van der Waals surface area contributed by atoms with Gasteiger partial charge in [-0.3, -0.25) is 4.98 Å². The van der Waals surface area contributed by atoms with Gasteiger partial charge in [0.1, 0.15) is 0 Å². The third-order valence-electron chi connectivity index (χ3n) is 2.89. The van der Waals surface area contributed by atoms with Crippen LogP contribution in [-0.2, 0) is 12.4 Å². The Hall–Kier alpha value is -2.05. The molecular weight excluding hydrogens is 296 g/mol. The van der Waals surface area contributed by atoms with Gasteiger partial charge in [0.15, 0.2) is 0 Å². The van der Waals surface area contributed by atoms with E-state index >= 15 is 0 Å². The second-order valence-electron chi connectivity index (χ2n) is 4.43. The molecule has 1 aromatic carbocycles. The number of pyridine rings is 1. The summed E-state index contributed by atoms with van der Waals surface area (Å²) < 4.78 is 77.3. The van der Waals surface area contributed by atoms with E-state index in [1.807, 2.05) is 0 Å². The molecule has 2 aromatic rings. The van der Waals surface area contributed by atoms with E-state index in [0.717, 1.165) is 0 Å². The van der Waals surface area contributed by atoms with Crippen LogP contribution in [0.3, 0.4) is 0 Å². The second kappa shape index (κ2) is 5.05. The molecule has 21 heavy (non-hydrogen) atoms. The molecule has 0 unspecified atom stereocenters. The van der Waals surface area contributed by atoms with E-state index in [9.17, 15) is 26.3 Å². The molecule has 0 aliphatic heterocycles. The molecule has 0 spiro atoms. The average molecular weight is 305 g/mol. The van der Waals surface area contributed by atoms with E-state index in [2.05, 4.69) is 4.98 Å². The number of halogens is 6. The van der Waals surface area contributed by atoms with Crippen LogP contribution in [0.15, 0.2) is 36.5 Å². The van der Waals surface area contributed by atoms with Gasteiger partial charge in [0, 0.05) is 11.8 Å². The normalized spacial score (nSPS) is 12.5. The van der Waals surface area contributed by atoms with Crippen LogP contribution in [0.2, 0.25) is 0 Å². The van der Waals surface area contributed by atoms with Crippen LogP contribution in [0.4, 0.5) is 26.3 Å². The number of hydrogen-bond donors (Lipinski definition) is 0. The summed E-state index contributed by atoms with van der Waals surface area (Å²) in [5.74, 6) is 0. The molecule has 112 valence electrons. The first kappa shape index (κ1) is 15.3. The monoisotopic (exact) mass is 305 g/mol. The van der Waals surface area contributed by atoms with Gasteiger partial charge in [0.2, 0.25) is 0 Å². The molecule has 0 saturated carbocycles. The van der Waals surface area contributed by atoms with E-state index in [-0.39, 0.29) is 22.9 Å². The van der Waals surface area contributed by atoms with E-state index in [0.29, 0.717) is 6.07 Å². The van der Waals surface area contributed by atoms with Crippen molar-refractivity contribution >= 4 is 0 Å². The molecule has 0 atom stereocenters. The van der Waals surface area contributed by atoms with Crippen molar-refractivity contribution in [1.29, 1.82) is 0 Å². The summed E-state index contributed by atoms with van der Waals surface area (Å²) in [7, 11) is 0. The standard InChI is InChI=1S/C14H9F6N/c1-8-6-9(13(15,16)17)7-10(14(18,19)20)12(8)11-4-2-3-5-21-11/h2-7H,1H3. The SMILES string of the molecule is Cc1cc(C(F)(F)F)cc(C(F)(F)F)c1-c1ccccn1. The number of rotatable bonds is 1. The van der Waals surface area contributed by atoms with E-state index < -0.39 is 23.5 Å². The van der Waals surface area contributed by atoms with Crippen LogP contribution >= 0.6 is 0 Å². The molecule has 7 heteroatoms. The Morgan fingerprint density at radius 1 is 0.905 bits per heavy atom. The van der Waals surface area contributed by atoms with Crippen molar-refractivity contribution in [3.8, 4) is 11.3 Å². The van der Waals surface area contributed by atoms with Crippen molar-refractivity contribution in [2.45, 2.75) is 19.3 Å². The van der Waals surface area contributed by atoms with Crippen LogP contribution < -0.4 is 0 Å². The fourth-order valence-corrected chi connectivity index (χ4v) is 2.03. The van der Waals surface area contributed by atoms with E-state index in [1.54, 1.807) is 0 Å². The molecule has 0 aliphatic rings. The molecule has 0 N–H and O–H groups in total. The van der Waals surface area contributed by atoms with Gasteiger partial charge in [-0.25, -0.2) is 0 Å². The van der Waals surface area contributed by atoms with Crippen molar-refractivity contribution in [3.63, 3.8) is 0 Å². The summed E-state index contributed by atoms with van der Waals surface area (Å²) in [5, 5.41) is 0. The molecule has 2 rings (SSSR count). The van der Waals surface area contributed by atoms with Crippen molar-refractivity contribution in [2.24, 2.45) is 0 Å². The number of aryl methyl sites for hydroxylation is 1. The maximum atomic E-state index is 13.1. The molecule has 0 amide bonds. The minimum atomic E-state index is -4.90. The molecule has 0 radical (unpaired) electrons. The van der Waals surface area contributed by atoms with E-state index in [4.69, 9.17) is 0 Å². The topological polar surface area (TPSA) is 12.9 Å². The first-order valence-corrected chi connectivity index (χ1v) is 5.81. The number of hydrogen-bond acceptors (Lipinski definition) is 1. The minimum absolute atomic E-state index is 0.0175. The lowest BCUT2D eigenvalue weighted by molar-refractivity contribution is -0.142. The first-order chi connectivity index (χ1) is 9.60. The predicted octanol–water partition coefficient (Wildman–Crippen LogP) is 5.09. The highest BCUT2D eigenvalue weighted by Crippen LogP contribution is 2.42. The molecule has 0 fully saturated rings. The lowest BCUT2D eigenvalue weighted by Crippen LogP contribution is -2.13. The summed E-state index contributed by atoms with van der Waals surface area (Å²) in [5.41, 5.74) is -3.15. The van der Waals surface area contributed by atoms with Crippen molar-refractivity contribution in [3.05, 3.63) is 53.2 Å². The van der Waals surface area contributed by atoms with Gasteiger partial charge in [0.05, 0.1) is 16.8 Å². The van der Waals surface area contributed by atoms with Gasteiger partial charge >= 0.3 is 12.4 Å². The summed E-state index contributed by atoms with van der Waals surface area (Å²) in [6.07, 6.45) is -8.46. The number of alkyl halides is 6. The van der Waals surface area contributed by atoms with Gasteiger partial charge in [-0.05, 0) is 36.8 Å². The molecule has 0 saturated heterocycles. The predicted molar refractivity (Wildman–Crippen MR) is 64.4 cm³/mol. The zero-order valence-electron chi connectivity index (χ0n) is 10.7. The number of nitrogens with zero attached hydrogens (tertiary/aromatic N) is 1. The fraction of sp³-hybridized carbons (Fsp3) is 0.214. The summed E-state index contributed by atoms with van der Waals surface area (Å²) in [6.45, 7) is 1.20. The van der Waals surface area contributed by atoms with Crippen molar-refractivity contribution in [2.75, 3.05) is 0 Å². The zero-order chi connectivity index (χ0) is 15.8. The lowest BCUT2D eigenvalue weighted by atomic mass is 9.95. The lowest BCUT2D eigenvalue weighted by Gasteiger charge is -2.18. The molecule has 1 aromatic heterocycles. The Balaban J connectivity index is 2.77. The van der Waals surface area contributed by atoms with Crippen LogP contribution in [0.1, 0.15) is 16.7 Å². The van der Waals surface area contributed by atoms with Crippen LogP contribution in [-0.4, -0.2) is 4.98 Å². The third kappa shape index (κ3) is 3.17. The number of aromatic nitrogens is 1.